The fraction of sp³-hybridized carbons (Fsp3) is 0.727. The lowest BCUT2D eigenvalue weighted by Crippen LogP contribution is -2.66. The van der Waals surface area contributed by atoms with Crippen molar-refractivity contribution >= 4 is 23.6 Å². The summed E-state index contributed by atoms with van der Waals surface area (Å²) in [6, 6.07) is 9.40. The summed E-state index contributed by atoms with van der Waals surface area (Å²) in [6.45, 7) is 17.1. The number of benzene rings is 1. The van der Waals surface area contributed by atoms with Crippen molar-refractivity contribution in [1.29, 1.82) is 0 Å². The van der Waals surface area contributed by atoms with Gasteiger partial charge in [0.1, 0.15) is 12.6 Å². The Labute approximate surface area is 305 Å². The van der Waals surface area contributed by atoms with Gasteiger partial charge in [0.25, 0.3) is 0 Å². The lowest BCUT2D eigenvalue weighted by Gasteiger charge is -2.70. The van der Waals surface area contributed by atoms with E-state index < -0.39 is 11.5 Å². The normalized spacial score (nSPS) is 42.7. The number of nitrogens with zero attached hydrogens (tertiary/aromatic N) is 1. The second-order valence-electron chi connectivity index (χ2n) is 19.4. The number of hydrogen-bond donors (Lipinski definition) is 0. The molecule has 278 valence electrons. The highest BCUT2D eigenvalue weighted by Gasteiger charge is 2.71. The average molecular weight is 700 g/mol. The van der Waals surface area contributed by atoms with E-state index in [9.17, 15) is 19.2 Å². The van der Waals surface area contributed by atoms with Crippen LogP contribution in [0, 0.1) is 56.2 Å². The standard InChI is InChI=1S/C44H61NO6/c1-39(2)29(36(47)45-24-12-15-32(45)37(48)50-8)16-18-42(5)34(39)17-19-44(7)35(42)33(46)25-30-31-26-41(4,21-20-40(31,3)22-23-43(30,44)6)38(49)51-27-28-13-10-9-11-14-28/h9-11,13-14,25,29,31-32,34-35H,12,15-24,26-27H2,1-8H3/t29-,31+,32-,34+,35-,40-,41+,42+,43-,44-/m1/s1. The van der Waals surface area contributed by atoms with Crippen molar-refractivity contribution in [2.24, 2.45) is 56.2 Å². The number of rotatable bonds is 5. The Morgan fingerprint density at radius 3 is 2.27 bits per heavy atom. The number of carbonyl (C=O) groups is 4. The molecule has 51 heavy (non-hydrogen) atoms. The quantitative estimate of drug-likeness (QED) is 0.287. The first-order valence-corrected chi connectivity index (χ1v) is 19.8. The lowest BCUT2D eigenvalue weighted by molar-refractivity contribution is -0.197. The first-order chi connectivity index (χ1) is 23.9. The number of methoxy groups -OCH3 is 1. The van der Waals surface area contributed by atoms with Crippen LogP contribution in [-0.2, 0) is 35.3 Å². The predicted octanol–water partition coefficient (Wildman–Crippen LogP) is 8.49. The third-order valence-corrected chi connectivity index (χ3v) is 16.6. The maximum atomic E-state index is 14.9. The number of carbonyl (C=O) groups excluding carboxylic acids is 4. The minimum Gasteiger partial charge on any atom is -0.467 e. The summed E-state index contributed by atoms with van der Waals surface area (Å²) >= 11 is 0. The molecule has 1 amide bonds. The maximum absolute atomic E-state index is 14.9. The Hall–Kier alpha value is -2.96. The van der Waals surface area contributed by atoms with Crippen LogP contribution in [0.4, 0.5) is 0 Å². The molecule has 1 aromatic carbocycles. The van der Waals surface area contributed by atoms with Crippen molar-refractivity contribution in [3.63, 3.8) is 0 Å². The molecule has 0 radical (unpaired) electrons. The van der Waals surface area contributed by atoms with Gasteiger partial charge in [-0.25, -0.2) is 4.79 Å². The van der Waals surface area contributed by atoms with E-state index in [0.717, 1.165) is 63.4 Å². The molecule has 0 aromatic heterocycles. The molecule has 1 saturated heterocycles. The van der Waals surface area contributed by atoms with Crippen molar-refractivity contribution < 1.29 is 28.7 Å². The van der Waals surface area contributed by atoms with Gasteiger partial charge in [0.2, 0.25) is 5.91 Å². The third kappa shape index (κ3) is 5.31. The largest absolute Gasteiger partial charge is 0.467 e. The number of hydrogen-bond acceptors (Lipinski definition) is 6. The highest BCUT2D eigenvalue weighted by atomic mass is 16.5. The van der Waals surface area contributed by atoms with E-state index in [2.05, 4.69) is 54.5 Å². The van der Waals surface area contributed by atoms with Crippen LogP contribution < -0.4 is 0 Å². The molecule has 0 spiro atoms. The fourth-order valence-electron chi connectivity index (χ4n) is 13.3. The lowest BCUT2D eigenvalue weighted by atomic mass is 9.33. The van der Waals surface area contributed by atoms with Crippen molar-refractivity contribution in [3.8, 4) is 0 Å². The molecule has 1 heterocycles. The monoisotopic (exact) mass is 699 g/mol. The molecule has 5 fully saturated rings. The first-order valence-electron chi connectivity index (χ1n) is 19.8. The van der Waals surface area contributed by atoms with Crippen LogP contribution in [0.5, 0.6) is 0 Å². The Kier molecular flexibility index (Phi) is 8.78. The second-order valence-corrected chi connectivity index (χ2v) is 19.4. The SMILES string of the molecule is COC(=O)[C@H]1CCCN1C(=O)[C@H]1CC[C@]2(C)[C@H]3C(=O)C=C4[C@@H]5C[C@@](C)(C(=O)OCc6ccccc6)CC[C@]5(C)CC[C@@]4(C)[C@]3(C)CC[C@H]2C1(C)C. The molecule has 6 aliphatic rings. The minimum absolute atomic E-state index is 0.0488. The molecule has 7 rings (SSSR count). The Bertz CT molecular complexity index is 1630. The number of likely N-dealkylation sites (tertiary alicyclic amines) is 1. The van der Waals surface area contributed by atoms with Crippen LogP contribution >= 0.6 is 0 Å². The third-order valence-electron chi connectivity index (χ3n) is 16.6. The van der Waals surface area contributed by atoms with E-state index >= 15 is 0 Å². The van der Waals surface area contributed by atoms with Gasteiger partial charge in [-0.05, 0) is 128 Å². The van der Waals surface area contributed by atoms with E-state index in [1.54, 1.807) is 4.90 Å². The van der Waals surface area contributed by atoms with Gasteiger partial charge in [-0.15, -0.1) is 0 Å². The maximum Gasteiger partial charge on any atom is 0.328 e. The molecular weight excluding hydrogens is 638 g/mol. The summed E-state index contributed by atoms with van der Waals surface area (Å²) in [7, 11) is 1.40. The molecule has 7 nitrogen and oxygen atoms in total. The average Bonchev–Trinajstić information content (AvgIpc) is 3.59. The van der Waals surface area contributed by atoms with Gasteiger partial charge in [0.05, 0.1) is 12.5 Å². The van der Waals surface area contributed by atoms with Gasteiger partial charge < -0.3 is 14.4 Å². The van der Waals surface area contributed by atoms with Gasteiger partial charge in [0, 0.05) is 18.4 Å². The van der Waals surface area contributed by atoms with Crippen LogP contribution in [0.25, 0.3) is 0 Å². The minimum atomic E-state index is -0.598. The van der Waals surface area contributed by atoms with Crippen LogP contribution in [0.2, 0.25) is 0 Å². The Balaban J connectivity index is 1.17. The number of ketones is 1. The van der Waals surface area contributed by atoms with Gasteiger partial charge >= 0.3 is 11.9 Å². The summed E-state index contributed by atoms with van der Waals surface area (Å²) < 4.78 is 11.1. The topological polar surface area (TPSA) is 90.0 Å². The van der Waals surface area contributed by atoms with E-state index in [-0.39, 0.29) is 81.0 Å². The second kappa shape index (κ2) is 12.3. The highest BCUT2D eigenvalue weighted by Crippen LogP contribution is 2.75. The molecule has 0 unspecified atom stereocenters. The van der Waals surface area contributed by atoms with Gasteiger partial charge in [-0.3, -0.25) is 14.4 Å². The van der Waals surface area contributed by atoms with Crippen LogP contribution in [0.15, 0.2) is 42.0 Å². The number of fused-ring (bicyclic) bond motifs is 7. The summed E-state index contributed by atoms with van der Waals surface area (Å²) in [5.74, 6) is -0.0608. The number of esters is 2. The number of amides is 1. The molecule has 1 aliphatic heterocycles. The summed E-state index contributed by atoms with van der Waals surface area (Å²) in [5, 5.41) is 0. The van der Waals surface area contributed by atoms with Gasteiger partial charge in [-0.2, -0.15) is 0 Å². The molecular formula is C44H61NO6. The first kappa shape index (κ1) is 36.4. The van der Waals surface area contributed by atoms with Crippen LogP contribution in [-0.4, -0.2) is 48.2 Å². The van der Waals surface area contributed by atoms with E-state index in [1.807, 2.05) is 30.3 Å². The van der Waals surface area contributed by atoms with E-state index in [1.165, 1.54) is 12.7 Å². The zero-order valence-electron chi connectivity index (χ0n) is 32.4. The molecule has 4 saturated carbocycles. The van der Waals surface area contributed by atoms with E-state index in [4.69, 9.17) is 9.47 Å². The fourth-order valence-corrected chi connectivity index (χ4v) is 13.3. The molecule has 7 heteroatoms. The summed E-state index contributed by atoms with van der Waals surface area (Å²) in [6.07, 6.45) is 11.6. The molecule has 1 aromatic rings. The molecule has 10 atom stereocenters. The smallest absolute Gasteiger partial charge is 0.328 e. The zero-order chi connectivity index (χ0) is 36.8. The van der Waals surface area contributed by atoms with Crippen LogP contribution in [0.1, 0.15) is 125 Å². The number of allylic oxidation sites excluding steroid dienone is 2. The van der Waals surface area contributed by atoms with Gasteiger partial charge in [-0.1, -0.05) is 77.4 Å². The van der Waals surface area contributed by atoms with Gasteiger partial charge in [0.15, 0.2) is 5.78 Å². The zero-order valence-corrected chi connectivity index (χ0v) is 32.4. The highest BCUT2D eigenvalue weighted by molar-refractivity contribution is 5.96. The van der Waals surface area contributed by atoms with Crippen molar-refractivity contribution in [2.45, 2.75) is 132 Å². The van der Waals surface area contributed by atoms with Crippen molar-refractivity contribution in [1.82, 2.24) is 4.90 Å². The molecule has 5 aliphatic carbocycles. The summed E-state index contributed by atoms with van der Waals surface area (Å²) in [5.41, 5.74) is 0.784. The van der Waals surface area contributed by atoms with E-state index in [0.29, 0.717) is 19.4 Å². The number of ether oxygens (including phenoxy) is 2. The predicted molar refractivity (Wildman–Crippen MR) is 196 cm³/mol. The Morgan fingerprint density at radius 2 is 1.57 bits per heavy atom. The van der Waals surface area contributed by atoms with Crippen molar-refractivity contribution in [3.05, 3.63) is 47.5 Å². The molecule has 0 bridgehead atoms. The summed E-state index contributed by atoms with van der Waals surface area (Å²) in [4.78, 5) is 57.4. The molecule has 0 N–H and O–H groups in total. The van der Waals surface area contributed by atoms with Crippen molar-refractivity contribution in [2.75, 3.05) is 13.7 Å². The Morgan fingerprint density at radius 1 is 0.863 bits per heavy atom. The van der Waals surface area contributed by atoms with Crippen LogP contribution in [0.3, 0.4) is 0 Å².